The maximum absolute atomic E-state index is 13.0. The Morgan fingerprint density at radius 3 is 2.62 bits per heavy atom. The number of piperidine rings is 2. The Balaban J connectivity index is 1.32. The highest BCUT2D eigenvalue weighted by Crippen LogP contribution is 2.36. The van der Waals surface area contributed by atoms with Crippen LogP contribution in [0.4, 0.5) is 0 Å². The van der Waals surface area contributed by atoms with Crippen molar-refractivity contribution in [3.05, 3.63) is 53.2 Å². The molecule has 3 aromatic rings. The maximum Gasteiger partial charge on any atom is 0.260 e. The van der Waals surface area contributed by atoms with Crippen LogP contribution >= 0.6 is 0 Å². The van der Waals surface area contributed by atoms with Crippen LogP contribution in [-0.4, -0.2) is 60.4 Å². The van der Waals surface area contributed by atoms with E-state index in [1.165, 1.54) is 19.4 Å². The molecule has 7 nitrogen and oxygen atoms in total. The summed E-state index contributed by atoms with van der Waals surface area (Å²) in [6.45, 7) is 8.55. The fraction of sp³-hybridized carbons (Fsp3) is 0.533. The smallest absolute Gasteiger partial charge is 0.260 e. The van der Waals surface area contributed by atoms with Crippen LogP contribution in [0.1, 0.15) is 45.4 Å². The molecule has 0 atom stereocenters. The molecule has 0 bridgehead atoms. The number of likely N-dealkylation sites (tertiary alicyclic amines) is 1. The van der Waals surface area contributed by atoms with Gasteiger partial charge in [0.25, 0.3) is 5.56 Å². The van der Waals surface area contributed by atoms with Gasteiger partial charge in [0, 0.05) is 50.3 Å². The number of methoxy groups -OCH3 is 1. The predicted molar refractivity (Wildman–Crippen MR) is 149 cm³/mol. The zero-order valence-corrected chi connectivity index (χ0v) is 22.2. The second-order valence-corrected chi connectivity index (χ2v) is 10.5. The Kier molecular flexibility index (Phi) is 8.41. The molecule has 198 valence electrons. The van der Waals surface area contributed by atoms with Gasteiger partial charge in [-0.25, -0.2) is 0 Å². The molecule has 0 aliphatic carbocycles. The molecule has 2 saturated heterocycles. The second-order valence-electron chi connectivity index (χ2n) is 10.5. The first kappa shape index (κ1) is 25.7. The van der Waals surface area contributed by atoms with Crippen LogP contribution in [0.15, 0.2) is 47.7 Å². The number of rotatable bonds is 9. The van der Waals surface area contributed by atoms with Crippen LogP contribution in [0.25, 0.3) is 21.9 Å². The number of hydrogen-bond donors (Lipinski definition) is 1. The monoisotopic (exact) mass is 504 g/mol. The normalized spacial score (nSPS) is 17.8. The zero-order valence-electron chi connectivity index (χ0n) is 22.2. The molecule has 4 heterocycles. The van der Waals surface area contributed by atoms with Crippen LogP contribution in [0.2, 0.25) is 0 Å². The minimum absolute atomic E-state index is 0.0127. The minimum atomic E-state index is 0.0127. The Hall–Kier alpha value is -2.90. The van der Waals surface area contributed by atoms with Gasteiger partial charge < -0.3 is 24.3 Å². The Labute approximate surface area is 219 Å². The van der Waals surface area contributed by atoms with E-state index in [0.29, 0.717) is 11.9 Å². The topological polar surface area (TPSA) is 68.6 Å². The third-order valence-electron chi connectivity index (χ3n) is 7.92. The molecule has 1 aromatic carbocycles. The van der Waals surface area contributed by atoms with Crippen molar-refractivity contribution in [1.82, 2.24) is 19.8 Å². The summed E-state index contributed by atoms with van der Waals surface area (Å²) in [4.78, 5) is 19.9. The summed E-state index contributed by atoms with van der Waals surface area (Å²) < 4.78 is 14.1. The van der Waals surface area contributed by atoms with E-state index in [-0.39, 0.29) is 11.7 Å². The molecule has 37 heavy (non-hydrogen) atoms. The van der Waals surface area contributed by atoms with Crippen molar-refractivity contribution in [2.24, 2.45) is 5.92 Å². The largest absolute Gasteiger partial charge is 0.493 e. The first-order chi connectivity index (χ1) is 18.2. The summed E-state index contributed by atoms with van der Waals surface area (Å²) in [5, 5.41) is 5.02. The molecule has 2 aromatic heterocycles. The van der Waals surface area contributed by atoms with Gasteiger partial charge in [0.2, 0.25) is 0 Å². The standard InChI is InChI=1S/C30H40N4O3/c1-3-4-15-34-21-27(25-9-14-32-19-26(25)30(34)35)23-5-6-28(29(18-23)36-2)37-24-10-16-33(17-11-24)20-22-7-12-31-13-8-22/h5-6,9,14,18-19,21-22,24,31H,3-4,7-8,10-13,15-17,20H2,1-2H3. The van der Waals surface area contributed by atoms with Crippen molar-refractivity contribution in [3.63, 3.8) is 0 Å². The van der Waals surface area contributed by atoms with Crippen LogP contribution in [-0.2, 0) is 6.54 Å². The van der Waals surface area contributed by atoms with Crippen molar-refractivity contribution in [2.75, 3.05) is 39.8 Å². The van der Waals surface area contributed by atoms with Crippen LogP contribution in [0.3, 0.4) is 0 Å². The van der Waals surface area contributed by atoms with E-state index in [9.17, 15) is 4.79 Å². The average Bonchev–Trinajstić information content (AvgIpc) is 2.95. The molecule has 0 amide bonds. The van der Waals surface area contributed by atoms with E-state index in [2.05, 4.69) is 28.2 Å². The van der Waals surface area contributed by atoms with Crippen LogP contribution in [0.5, 0.6) is 11.5 Å². The lowest BCUT2D eigenvalue weighted by Gasteiger charge is -2.35. The Morgan fingerprint density at radius 1 is 1.05 bits per heavy atom. The number of ether oxygens (including phenoxy) is 2. The number of aryl methyl sites for hydroxylation is 1. The highest BCUT2D eigenvalue weighted by molar-refractivity contribution is 5.95. The molecule has 0 unspecified atom stereocenters. The quantitative estimate of drug-likeness (QED) is 0.455. The second kappa shape index (κ2) is 12.1. The fourth-order valence-corrected chi connectivity index (χ4v) is 5.71. The lowest BCUT2D eigenvalue weighted by molar-refractivity contribution is 0.0853. The lowest BCUT2D eigenvalue weighted by atomic mass is 9.96. The van der Waals surface area contributed by atoms with Crippen molar-refractivity contribution in [3.8, 4) is 22.6 Å². The van der Waals surface area contributed by atoms with E-state index < -0.39 is 0 Å². The molecule has 2 fully saturated rings. The molecular formula is C30H40N4O3. The van der Waals surface area contributed by atoms with Crippen LogP contribution < -0.4 is 20.3 Å². The van der Waals surface area contributed by atoms with E-state index in [1.54, 1.807) is 19.5 Å². The number of nitrogens with zero attached hydrogens (tertiary/aromatic N) is 3. The van der Waals surface area contributed by atoms with Gasteiger partial charge in [0.05, 0.1) is 12.5 Å². The van der Waals surface area contributed by atoms with Crippen molar-refractivity contribution in [1.29, 1.82) is 0 Å². The SMILES string of the molecule is CCCCn1cc(-c2ccc(OC3CCN(CC4CCNCC4)CC3)c(OC)c2)c2ccncc2c1=O. The van der Waals surface area contributed by atoms with Gasteiger partial charge in [-0.2, -0.15) is 0 Å². The summed E-state index contributed by atoms with van der Waals surface area (Å²) in [5.41, 5.74) is 2.02. The molecule has 0 radical (unpaired) electrons. The van der Waals surface area contributed by atoms with Gasteiger partial charge in [-0.1, -0.05) is 19.4 Å². The summed E-state index contributed by atoms with van der Waals surface area (Å²) in [7, 11) is 1.69. The van der Waals surface area contributed by atoms with E-state index in [4.69, 9.17) is 9.47 Å². The third-order valence-corrected chi connectivity index (χ3v) is 7.92. The first-order valence-electron chi connectivity index (χ1n) is 13.9. The van der Waals surface area contributed by atoms with Gasteiger partial charge in [-0.15, -0.1) is 0 Å². The number of benzene rings is 1. The Bertz CT molecular complexity index is 1240. The number of fused-ring (bicyclic) bond motifs is 1. The molecule has 2 aliphatic heterocycles. The molecule has 0 saturated carbocycles. The van der Waals surface area contributed by atoms with Gasteiger partial charge in [-0.05, 0) is 80.3 Å². The molecule has 5 rings (SSSR count). The lowest BCUT2D eigenvalue weighted by Crippen LogP contribution is -2.42. The third kappa shape index (κ3) is 5.99. The number of nitrogens with one attached hydrogen (secondary N) is 1. The zero-order chi connectivity index (χ0) is 25.6. The molecule has 0 spiro atoms. The summed E-state index contributed by atoms with van der Waals surface area (Å²) in [6.07, 6.45) is 12.3. The van der Waals surface area contributed by atoms with Gasteiger partial charge in [0.1, 0.15) is 6.10 Å². The number of hydrogen-bond acceptors (Lipinski definition) is 6. The van der Waals surface area contributed by atoms with Gasteiger partial charge in [-0.3, -0.25) is 9.78 Å². The summed E-state index contributed by atoms with van der Waals surface area (Å²) in [6, 6.07) is 8.05. The molecular weight excluding hydrogens is 464 g/mol. The van der Waals surface area contributed by atoms with Crippen molar-refractivity contribution >= 4 is 10.8 Å². The van der Waals surface area contributed by atoms with Gasteiger partial charge in [0.15, 0.2) is 11.5 Å². The highest BCUT2D eigenvalue weighted by Gasteiger charge is 2.24. The van der Waals surface area contributed by atoms with E-state index in [0.717, 1.165) is 85.8 Å². The van der Waals surface area contributed by atoms with Crippen molar-refractivity contribution < 1.29 is 9.47 Å². The number of unbranched alkanes of at least 4 members (excludes halogenated alkanes) is 1. The van der Waals surface area contributed by atoms with E-state index >= 15 is 0 Å². The van der Waals surface area contributed by atoms with Crippen molar-refractivity contribution in [2.45, 2.75) is 58.1 Å². The van der Waals surface area contributed by atoms with Gasteiger partial charge >= 0.3 is 0 Å². The minimum Gasteiger partial charge on any atom is -0.493 e. The number of aromatic nitrogens is 2. The number of pyridine rings is 2. The highest BCUT2D eigenvalue weighted by atomic mass is 16.5. The summed E-state index contributed by atoms with van der Waals surface area (Å²) >= 11 is 0. The molecule has 1 N–H and O–H groups in total. The molecule has 7 heteroatoms. The maximum atomic E-state index is 13.0. The predicted octanol–water partition coefficient (Wildman–Crippen LogP) is 4.72. The molecule has 2 aliphatic rings. The summed E-state index contributed by atoms with van der Waals surface area (Å²) in [5.74, 6) is 2.34. The average molecular weight is 505 g/mol. The fourth-order valence-electron chi connectivity index (χ4n) is 5.71. The first-order valence-corrected chi connectivity index (χ1v) is 13.9. The van der Waals surface area contributed by atoms with Crippen LogP contribution in [0, 0.1) is 5.92 Å². The Morgan fingerprint density at radius 2 is 1.86 bits per heavy atom. The van der Waals surface area contributed by atoms with E-state index in [1.807, 2.05) is 29.0 Å².